The van der Waals surface area contributed by atoms with Crippen molar-refractivity contribution in [2.75, 3.05) is 5.32 Å². The summed E-state index contributed by atoms with van der Waals surface area (Å²) in [6, 6.07) is 9.90. The molecule has 0 saturated carbocycles. The summed E-state index contributed by atoms with van der Waals surface area (Å²) in [6.45, 7) is 0. The van der Waals surface area contributed by atoms with Crippen LogP contribution in [0.3, 0.4) is 0 Å². The molecule has 1 aromatic carbocycles. The van der Waals surface area contributed by atoms with E-state index in [2.05, 4.69) is 26.3 Å². The van der Waals surface area contributed by atoms with Crippen molar-refractivity contribution < 1.29 is 9.90 Å². The summed E-state index contributed by atoms with van der Waals surface area (Å²) < 4.78 is 2.03. The zero-order valence-electron chi connectivity index (χ0n) is 12.3. The van der Waals surface area contributed by atoms with Crippen LogP contribution in [-0.2, 0) is 0 Å². The minimum Gasteiger partial charge on any atom is -0.530 e. The zero-order valence-corrected chi connectivity index (χ0v) is 13.2. The van der Waals surface area contributed by atoms with Gasteiger partial charge in [-0.2, -0.15) is 0 Å². The number of carbonyl (C=O) groups excluding carboxylic acids is 1. The number of imidazole rings is 2. The number of nitrogens with zero attached hydrogens (tertiary/aromatic N) is 3. The van der Waals surface area contributed by atoms with Crippen molar-refractivity contribution in [1.82, 2.24) is 19.5 Å². The van der Waals surface area contributed by atoms with Crippen LogP contribution in [0.5, 0.6) is 0 Å². The second-order valence-corrected chi connectivity index (χ2v) is 6.18. The highest BCUT2D eigenvalue weighted by atomic mass is 32.1. The maximum atomic E-state index is 10.6. The quantitative estimate of drug-likeness (QED) is 0.596. The molecule has 24 heavy (non-hydrogen) atoms. The van der Waals surface area contributed by atoms with E-state index in [1.165, 1.54) is 4.88 Å². The van der Waals surface area contributed by atoms with E-state index < -0.39 is 6.09 Å². The van der Waals surface area contributed by atoms with Crippen molar-refractivity contribution in [1.29, 1.82) is 0 Å². The predicted octanol–water partition coefficient (Wildman–Crippen LogP) is 2.21. The highest BCUT2D eigenvalue weighted by molar-refractivity contribution is 7.10. The highest BCUT2D eigenvalue weighted by Crippen LogP contribution is 2.31. The lowest BCUT2D eigenvalue weighted by Gasteiger charge is -2.17. The molecular weight excluding hydrogens is 326 g/mol. The van der Waals surface area contributed by atoms with Crippen molar-refractivity contribution in [3.05, 3.63) is 64.9 Å². The fourth-order valence-corrected chi connectivity index (χ4v) is 3.56. The Morgan fingerprint density at radius 2 is 2.29 bits per heavy atom. The van der Waals surface area contributed by atoms with Crippen molar-refractivity contribution in [3.8, 4) is 0 Å². The number of fused-ring (bicyclic) bond motifs is 1. The van der Waals surface area contributed by atoms with Crippen LogP contribution < -0.4 is 10.4 Å². The van der Waals surface area contributed by atoms with Crippen LogP contribution >= 0.6 is 11.3 Å². The van der Waals surface area contributed by atoms with Crippen LogP contribution in [-0.4, -0.2) is 25.6 Å². The maximum Gasteiger partial charge on any atom is 0.206 e. The second kappa shape index (κ2) is 5.82. The van der Waals surface area contributed by atoms with E-state index in [0.717, 1.165) is 11.1 Å². The van der Waals surface area contributed by atoms with Gasteiger partial charge < -0.3 is 24.8 Å². The van der Waals surface area contributed by atoms with Gasteiger partial charge in [-0.15, -0.1) is 11.3 Å². The number of benzene rings is 1. The molecule has 3 aromatic heterocycles. The molecule has 1 amide bonds. The molecule has 0 radical (unpaired) electrons. The van der Waals surface area contributed by atoms with Gasteiger partial charge in [-0.05, 0) is 29.1 Å². The Balaban J connectivity index is 1.79. The zero-order chi connectivity index (χ0) is 16.5. The third-order valence-electron chi connectivity index (χ3n) is 3.68. The molecule has 2 N–H and O–H groups in total. The number of rotatable bonds is 4. The summed E-state index contributed by atoms with van der Waals surface area (Å²) >= 11 is 1.67. The van der Waals surface area contributed by atoms with Crippen LogP contribution in [0.25, 0.3) is 11.0 Å². The van der Waals surface area contributed by atoms with Gasteiger partial charge in [0.15, 0.2) is 0 Å². The van der Waals surface area contributed by atoms with Gasteiger partial charge in [0.05, 0.1) is 23.4 Å². The molecule has 0 spiro atoms. The largest absolute Gasteiger partial charge is 0.530 e. The van der Waals surface area contributed by atoms with Gasteiger partial charge in [0.2, 0.25) is 5.95 Å². The van der Waals surface area contributed by atoms with Crippen LogP contribution in [0.4, 0.5) is 10.7 Å². The molecule has 4 rings (SSSR count). The number of hydrogen-bond acceptors (Lipinski definition) is 5. The monoisotopic (exact) mass is 338 g/mol. The summed E-state index contributed by atoms with van der Waals surface area (Å²) in [6.07, 6.45) is 4.05. The molecular formula is C16H12N5O2S-. The third kappa shape index (κ3) is 2.63. The standard InChI is InChI=1S/C16H13N5O2S/c22-16(23)20-15-18-11-4-3-10(8-12(11)19-15)14(13-2-1-7-24-13)21-6-5-17-9-21/h1-9,14H,(H,22,23)(H2,18,19,20)/p-1. The van der Waals surface area contributed by atoms with Crippen molar-refractivity contribution in [2.24, 2.45) is 0 Å². The van der Waals surface area contributed by atoms with Gasteiger partial charge in [-0.1, -0.05) is 12.1 Å². The van der Waals surface area contributed by atoms with E-state index in [0.29, 0.717) is 5.52 Å². The lowest BCUT2D eigenvalue weighted by molar-refractivity contribution is -0.242. The van der Waals surface area contributed by atoms with Crippen molar-refractivity contribution >= 4 is 34.4 Å². The molecule has 0 bridgehead atoms. The van der Waals surface area contributed by atoms with E-state index >= 15 is 0 Å². The Hall–Kier alpha value is -3.13. The fourth-order valence-electron chi connectivity index (χ4n) is 2.71. The maximum absolute atomic E-state index is 10.6. The van der Waals surface area contributed by atoms with Gasteiger partial charge in [-0.3, -0.25) is 0 Å². The minimum absolute atomic E-state index is 0.00208. The minimum atomic E-state index is -1.40. The van der Waals surface area contributed by atoms with Crippen LogP contribution in [0.1, 0.15) is 16.5 Å². The van der Waals surface area contributed by atoms with Crippen LogP contribution in [0, 0.1) is 0 Å². The van der Waals surface area contributed by atoms with Crippen molar-refractivity contribution in [2.45, 2.75) is 6.04 Å². The normalized spacial score (nSPS) is 12.3. The molecule has 120 valence electrons. The predicted molar refractivity (Wildman–Crippen MR) is 88.9 cm³/mol. The molecule has 0 aliphatic rings. The van der Waals surface area contributed by atoms with Crippen molar-refractivity contribution in [3.63, 3.8) is 0 Å². The summed E-state index contributed by atoms with van der Waals surface area (Å²) in [7, 11) is 0. The third-order valence-corrected chi connectivity index (χ3v) is 4.60. The molecule has 1 atom stereocenters. The Morgan fingerprint density at radius 3 is 3.00 bits per heavy atom. The molecule has 0 aliphatic heterocycles. The Kier molecular flexibility index (Phi) is 3.51. The van der Waals surface area contributed by atoms with E-state index in [1.54, 1.807) is 23.9 Å². The molecule has 1 unspecified atom stereocenters. The molecule has 0 aliphatic carbocycles. The van der Waals surface area contributed by atoms with E-state index in [9.17, 15) is 9.90 Å². The first kappa shape index (κ1) is 14.5. The second-order valence-electron chi connectivity index (χ2n) is 5.20. The molecule has 7 nitrogen and oxygen atoms in total. The first-order chi connectivity index (χ1) is 11.7. The van der Waals surface area contributed by atoms with Crippen LogP contribution in [0.2, 0.25) is 0 Å². The SMILES string of the molecule is O=C([O-])Nc1nc2ccc(C(c3cccs3)n3ccnc3)cc2[nH]1. The van der Waals surface area contributed by atoms with E-state index in [1.807, 2.05) is 40.4 Å². The topological polar surface area (TPSA) is 98.7 Å². The number of aromatic nitrogens is 4. The highest BCUT2D eigenvalue weighted by Gasteiger charge is 2.18. The molecule has 8 heteroatoms. The van der Waals surface area contributed by atoms with Gasteiger partial charge in [-0.25, -0.2) is 9.97 Å². The molecule has 4 aromatic rings. The average molecular weight is 338 g/mol. The lowest BCUT2D eigenvalue weighted by Crippen LogP contribution is -2.29. The first-order valence-corrected chi connectivity index (χ1v) is 8.07. The summed E-state index contributed by atoms with van der Waals surface area (Å²) in [4.78, 5) is 23.1. The Bertz CT molecular complexity index is 941. The number of carbonyl (C=O) groups is 1. The number of anilines is 1. The molecule has 0 saturated heterocycles. The number of H-pyrrole nitrogens is 1. The smallest absolute Gasteiger partial charge is 0.206 e. The number of aromatic amines is 1. The van der Waals surface area contributed by atoms with Gasteiger partial charge in [0.25, 0.3) is 0 Å². The lowest BCUT2D eigenvalue weighted by atomic mass is 10.0. The number of carboxylic acid groups (broad SMARTS) is 1. The molecule has 0 fully saturated rings. The fraction of sp³-hybridized carbons (Fsp3) is 0.0625. The Morgan fingerprint density at radius 1 is 1.38 bits per heavy atom. The number of thiophene rings is 1. The first-order valence-electron chi connectivity index (χ1n) is 7.19. The summed E-state index contributed by atoms with van der Waals surface area (Å²) in [5, 5.41) is 14.8. The van der Waals surface area contributed by atoms with E-state index in [4.69, 9.17) is 0 Å². The average Bonchev–Trinajstić information content (AvgIpc) is 3.27. The van der Waals surface area contributed by atoms with Crippen LogP contribution in [0.15, 0.2) is 54.4 Å². The molecule has 3 heterocycles. The Labute approximate surface area is 140 Å². The van der Waals surface area contributed by atoms with Gasteiger partial charge >= 0.3 is 0 Å². The van der Waals surface area contributed by atoms with Gasteiger partial charge in [0.1, 0.15) is 6.09 Å². The number of amides is 1. The number of nitrogens with one attached hydrogen (secondary N) is 2. The summed E-state index contributed by atoms with van der Waals surface area (Å²) in [5.41, 5.74) is 2.47. The number of hydrogen-bond donors (Lipinski definition) is 2. The van der Waals surface area contributed by atoms with E-state index in [-0.39, 0.29) is 12.0 Å². The summed E-state index contributed by atoms with van der Waals surface area (Å²) in [5.74, 6) is 0.150. The van der Waals surface area contributed by atoms with Gasteiger partial charge in [0, 0.05) is 17.3 Å².